The van der Waals surface area contributed by atoms with Gasteiger partial charge in [-0.2, -0.15) is 0 Å². The van der Waals surface area contributed by atoms with Crippen molar-refractivity contribution in [2.75, 3.05) is 0 Å². The molecule has 0 spiro atoms. The smallest absolute Gasteiger partial charge is 0.406 e. The Kier molecular flexibility index (Phi) is 1.58. The van der Waals surface area contributed by atoms with Gasteiger partial charge in [0, 0.05) is 0 Å². The van der Waals surface area contributed by atoms with Crippen molar-refractivity contribution in [1.29, 1.82) is 0 Å². The van der Waals surface area contributed by atoms with Gasteiger partial charge in [-0.25, -0.2) is 0 Å². The molecular weight excluding hydrogens is 103 g/mol. The molecule has 1 aliphatic rings. The molecule has 2 nitrogen and oxygen atoms in total. The first-order valence-corrected chi connectivity index (χ1v) is 3.01. The van der Waals surface area contributed by atoms with Crippen LogP contribution in [0, 0.1) is 0 Å². The van der Waals surface area contributed by atoms with Crippen molar-refractivity contribution in [3.8, 4) is 0 Å². The van der Waals surface area contributed by atoms with Crippen LogP contribution in [0.1, 0.15) is 13.8 Å². The maximum absolute atomic E-state index is 5.25. The van der Waals surface area contributed by atoms with Crippen LogP contribution in [0.5, 0.6) is 0 Å². The van der Waals surface area contributed by atoms with Crippen molar-refractivity contribution in [3.05, 3.63) is 0 Å². The summed E-state index contributed by atoms with van der Waals surface area (Å²) >= 11 is 0. The van der Waals surface area contributed by atoms with Crippen LogP contribution in [0.3, 0.4) is 0 Å². The standard InChI is InChI=1S/C5H11BO2/c1-4-5(2)8-6(3)7-4/h4-5H,1-3H3. The molecule has 0 aromatic rings. The van der Waals surface area contributed by atoms with Gasteiger partial charge in [0.25, 0.3) is 0 Å². The highest BCUT2D eigenvalue weighted by Gasteiger charge is 2.29. The van der Waals surface area contributed by atoms with Gasteiger partial charge in [-0.3, -0.25) is 0 Å². The molecule has 0 saturated carbocycles. The highest BCUT2D eigenvalue weighted by atomic mass is 16.6. The molecule has 2 atom stereocenters. The van der Waals surface area contributed by atoms with E-state index in [9.17, 15) is 0 Å². The molecule has 0 N–H and O–H groups in total. The van der Waals surface area contributed by atoms with E-state index in [1.807, 2.05) is 20.7 Å². The maximum Gasteiger partial charge on any atom is 0.454 e. The van der Waals surface area contributed by atoms with Gasteiger partial charge in [-0.05, 0) is 20.7 Å². The van der Waals surface area contributed by atoms with Crippen molar-refractivity contribution in [2.24, 2.45) is 0 Å². The molecule has 0 aromatic carbocycles. The molecule has 3 heteroatoms. The molecule has 2 unspecified atom stereocenters. The van der Waals surface area contributed by atoms with Crippen LogP contribution < -0.4 is 0 Å². The first-order chi connectivity index (χ1) is 3.70. The van der Waals surface area contributed by atoms with Crippen LogP contribution in [0.4, 0.5) is 0 Å². The monoisotopic (exact) mass is 114 g/mol. The predicted octanol–water partition coefficient (Wildman–Crippen LogP) is 0.928. The lowest BCUT2D eigenvalue weighted by atomic mass is 9.97. The zero-order valence-electron chi connectivity index (χ0n) is 5.55. The zero-order valence-corrected chi connectivity index (χ0v) is 5.55. The van der Waals surface area contributed by atoms with E-state index in [4.69, 9.17) is 9.31 Å². The van der Waals surface area contributed by atoms with Gasteiger partial charge in [0.2, 0.25) is 0 Å². The first-order valence-electron chi connectivity index (χ1n) is 3.01. The summed E-state index contributed by atoms with van der Waals surface area (Å²) in [6.45, 7) is 5.96. The van der Waals surface area contributed by atoms with Crippen LogP contribution in [0.25, 0.3) is 0 Å². The molecule has 1 heterocycles. The quantitative estimate of drug-likeness (QED) is 0.436. The van der Waals surface area contributed by atoms with Crippen molar-refractivity contribution < 1.29 is 9.31 Å². The minimum Gasteiger partial charge on any atom is -0.406 e. The molecule has 1 aliphatic heterocycles. The number of hydrogen-bond donors (Lipinski definition) is 0. The molecular formula is C5H11BO2. The first kappa shape index (κ1) is 6.11. The summed E-state index contributed by atoms with van der Waals surface area (Å²) in [5.74, 6) is 0. The Morgan fingerprint density at radius 1 is 1.12 bits per heavy atom. The van der Waals surface area contributed by atoms with E-state index in [-0.39, 0.29) is 19.3 Å². The minimum absolute atomic E-state index is 0.000000000000000222. The SMILES string of the molecule is CB1OC(C)C(C)O1. The van der Waals surface area contributed by atoms with Gasteiger partial charge in [-0.15, -0.1) is 0 Å². The van der Waals surface area contributed by atoms with Crippen LogP contribution >= 0.6 is 0 Å². The Morgan fingerprint density at radius 2 is 1.50 bits per heavy atom. The second-order valence-electron chi connectivity index (χ2n) is 2.25. The summed E-state index contributed by atoms with van der Waals surface area (Å²) in [7, 11) is -0.000000000000000222. The van der Waals surface area contributed by atoms with Crippen LogP contribution in [-0.2, 0) is 9.31 Å². The second kappa shape index (κ2) is 2.07. The highest BCUT2D eigenvalue weighted by molar-refractivity contribution is 6.43. The topological polar surface area (TPSA) is 18.5 Å². The van der Waals surface area contributed by atoms with Crippen molar-refractivity contribution in [1.82, 2.24) is 0 Å². The predicted molar refractivity (Wildman–Crippen MR) is 32.7 cm³/mol. The lowest BCUT2D eigenvalue weighted by molar-refractivity contribution is 0.187. The minimum atomic E-state index is -0.000000000000000222. The number of rotatable bonds is 0. The third-order valence-electron chi connectivity index (χ3n) is 1.47. The molecule has 1 saturated heterocycles. The fourth-order valence-electron chi connectivity index (χ4n) is 0.858. The van der Waals surface area contributed by atoms with Crippen molar-refractivity contribution in [2.45, 2.75) is 32.9 Å². The summed E-state index contributed by atoms with van der Waals surface area (Å²) < 4.78 is 10.5. The molecule has 8 heavy (non-hydrogen) atoms. The van der Waals surface area contributed by atoms with Gasteiger partial charge in [-0.1, -0.05) is 0 Å². The zero-order chi connectivity index (χ0) is 6.15. The highest BCUT2D eigenvalue weighted by Crippen LogP contribution is 2.14. The Hall–Kier alpha value is -0.0151. The fourth-order valence-corrected chi connectivity index (χ4v) is 0.858. The number of hydrogen-bond acceptors (Lipinski definition) is 2. The molecule has 1 rings (SSSR count). The Balaban J connectivity index is 2.39. The maximum atomic E-state index is 5.25. The summed E-state index contributed by atoms with van der Waals surface area (Å²) in [4.78, 5) is 0. The fraction of sp³-hybridized carbons (Fsp3) is 1.00. The third-order valence-corrected chi connectivity index (χ3v) is 1.47. The van der Waals surface area contributed by atoms with Gasteiger partial charge in [0.05, 0.1) is 12.2 Å². The molecule has 46 valence electrons. The van der Waals surface area contributed by atoms with E-state index in [0.717, 1.165) is 0 Å². The van der Waals surface area contributed by atoms with Gasteiger partial charge in [0.1, 0.15) is 0 Å². The average molecular weight is 114 g/mol. The summed E-state index contributed by atoms with van der Waals surface area (Å²) in [5, 5.41) is 0. The van der Waals surface area contributed by atoms with Crippen LogP contribution in [0.15, 0.2) is 0 Å². The van der Waals surface area contributed by atoms with E-state index in [1.54, 1.807) is 0 Å². The van der Waals surface area contributed by atoms with Crippen molar-refractivity contribution >= 4 is 7.12 Å². The van der Waals surface area contributed by atoms with Crippen LogP contribution in [0.2, 0.25) is 6.82 Å². The van der Waals surface area contributed by atoms with E-state index in [2.05, 4.69) is 0 Å². The lowest BCUT2D eigenvalue weighted by Crippen LogP contribution is -2.13. The van der Waals surface area contributed by atoms with E-state index in [0.29, 0.717) is 0 Å². The van der Waals surface area contributed by atoms with Gasteiger partial charge >= 0.3 is 7.12 Å². The summed E-state index contributed by atoms with van der Waals surface area (Å²) in [6.07, 6.45) is 0.537. The normalized spacial score (nSPS) is 38.6. The average Bonchev–Trinajstić information content (AvgIpc) is 1.85. The van der Waals surface area contributed by atoms with Crippen molar-refractivity contribution in [3.63, 3.8) is 0 Å². The van der Waals surface area contributed by atoms with E-state index in [1.165, 1.54) is 0 Å². The summed E-state index contributed by atoms with van der Waals surface area (Å²) in [6, 6.07) is 0. The Labute approximate surface area is 50.3 Å². The molecule has 0 bridgehead atoms. The Morgan fingerprint density at radius 3 is 1.62 bits per heavy atom. The molecule has 0 radical (unpaired) electrons. The van der Waals surface area contributed by atoms with Gasteiger partial charge < -0.3 is 9.31 Å². The molecule has 0 amide bonds. The van der Waals surface area contributed by atoms with E-state index < -0.39 is 0 Å². The van der Waals surface area contributed by atoms with Gasteiger partial charge in [0.15, 0.2) is 0 Å². The molecule has 0 aromatic heterocycles. The summed E-state index contributed by atoms with van der Waals surface area (Å²) in [5.41, 5.74) is 0. The molecule has 1 fully saturated rings. The van der Waals surface area contributed by atoms with Crippen LogP contribution in [-0.4, -0.2) is 19.3 Å². The third kappa shape index (κ3) is 1.04. The largest absolute Gasteiger partial charge is 0.454 e. The molecule has 0 aliphatic carbocycles. The van der Waals surface area contributed by atoms with E-state index >= 15 is 0 Å². The second-order valence-corrected chi connectivity index (χ2v) is 2.25. The lowest BCUT2D eigenvalue weighted by Gasteiger charge is -2.04. The Bertz CT molecular complexity index is 76.5.